The number of hydrogen-bond acceptors (Lipinski definition) is 0. The monoisotopic (exact) mass is 127 g/mol. The Kier molecular flexibility index (Phi) is 2.27. The Balaban J connectivity index is 3.62. The van der Waals surface area contributed by atoms with Crippen molar-refractivity contribution in [2.45, 2.75) is 13.1 Å². The van der Waals surface area contributed by atoms with Crippen LogP contribution in [0.4, 0.5) is 13.2 Å². The third-order valence-corrected chi connectivity index (χ3v) is 0.809. The fraction of sp³-hybridized carbons (Fsp3) is 1.00. The molecule has 0 saturated heterocycles. The highest BCUT2D eigenvalue weighted by atomic mass is 19.4. The minimum atomic E-state index is -4.30. The van der Waals surface area contributed by atoms with Crippen molar-refractivity contribution in [3.05, 3.63) is 0 Å². The zero-order valence-corrected chi connectivity index (χ0v) is 4.33. The highest BCUT2D eigenvalue weighted by molar-refractivity contribution is 4.58. The van der Waals surface area contributed by atoms with Gasteiger partial charge in [0.15, 0.2) is 0 Å². The molecule has 0 aliphatic heterocycles. The van der Waals surface area contributed by atoms with Gasteiger partial charge in [0, 0.05) is 0 Å². The first-order valence-electron chi connectivity index (χ1n) is 2.13. The van der Waals surface area contributed by atoms with Crippen LogP contribution in [0.15, 0.2) is 0 Å². The SMILES string of the molecule is CC(C[O])C(F)(F)F. The van der Waals surface area contributed by atoms with Gasteiger partial charge in [-0.25, -0.2) is 5.11 Å². The summed E-state index contributed by atoms with van der Waals surface area (Å²) in [4.78, 5) is 0. The molecule has 1 radical (unpaired) electrons. The summed E-state index contributed by atoms with van der Waals surface area (Å²) in [6, 6.07) is 0. The largest absolute Gasteiger partial charge is 0.393 e. The highest BCUT2D eigenvalue weighted by Crippen LogP contribution is 2.24. The third-order valence-electron chi connectivity index (χ3n) is 0.809. The van der Waals surface area contributed by atoms with Gasteiger partial charge in [0.1, 0.15) is 0 Å². The minimum Gasteiger partial charge on any atom is -0.236 e. The fourth-order valence-corrected chi connectivity index (χ4v) is 0.0945. The van der Waals surface area contributed by atoms with E-state index in [9.17, 15) is 18.3 Å². The van der Waals surface area contributed by atoms with Crippen LogP contribution in [-0.2, 0) is 5.11 Å². The summed E-state index contributed by atoms with van der Waals surface area (Å²) in [5.74, 6) is -1.71. The van der Waals surface area contributed by atoms with E-state index in [0.717, 1.165) is 6.92 Å². The number of halogens is 3. The molecule has 0 aliphatic rings. The lowest BCUT2D eigenvalue weighted by Crippen LogP contribution is -2.22. The molecule has 0 aromatic carbocycles. The molecule has 0 spiro atoms. The normalized spacial score (nSPS) is 16.1. The Morgan fingerprint density at radius 1 is 1.50 bits per heavy atom. The Morgan fingerprint density at radius 3 is 1.88 bits per heavy atom. The quantitative estimate of drug-likeness (QED) is 0.510. The summed E-state index contributed by atoms with van der Waals surface area (Å²) in [5, 5.41) is 9.56. The maximum atomic E-state index is 11.2. The summed E-state index contributed by atoms with van der Waals surface area (Å²) in [6.45, 7) is -0.212. The summed E-state index contributed by atoms with van der Waals surface area (Å²) in [6.07, 6.45) is -4.30. The van der Waals surface area contributed by atoms with E-state index in [1.165, 1.54) is 0 Å². The second kappa shape index (κ2) is 2.35. The predicted molar refractivity (Wildman–Crippen MR) is 20.8 cm³/mol. The van der Waals surface area contributed by atoms with Crippen molar-refractivity contribution in [3.63, 3.8) is 0 Å². The van der Waals surface area contributed by atoms with Gasteiger partial charge in [0.25, 0.3) is 0 Å². The summed E-state index contributed by atoms with van der Waals surface area (Å²) < 4.78 is 33.7. The van der Waals surface area contributed by atoms with Crippen LogP contribution >= 0.6 is 0 Å². The first-order chi connectivity index (χ1) is 3.48. The predicted octanol–water partition coefficient (Wildman–Crippen LogP) is 1.62. The average Bonchev–Trinajstić information content (AvgIpc) is 1.62. The van der Waals surface area contributed by atoms with Crippen molar-refractivity contribution in [2.24, 2.45) is 5.92 Å². The average molecular weight is 127 g/mol. The van der Waals surface area contributed by atoms with E-state index in [1.807, 2.05) is 0 Å². The van der Waals surface area contributed by atoms with Gasteiger partial charge in [-0.05, 0) is 0 Å². The van der Waals surface area contributed by atoms with Crippen molar-refractivity contribution in [1.29, 1.82) is 0 Å². The van der Waals surface area contributed by atoms with Crippen LogP contribution < -0.4 is 0 Å². The number of rotatable bonds is 1. The lowest BCUT2D eigenvalue weighted by atomic mass is 10.2. The third kappa shape index (κ3) is 2.16. The van der Waals surface area contributed by atoms with Gasteiger partial charge in [-0.2, -0.15) is 13.2 Å². The van der Waals surface area contributed by atoms with Gasteiger partial charge in [-0.1, -0.05) is 6.92 Å². The van der Waals surface area contributed by atoms with Crippen LogP contribution in [0, 0.1) is 5.92 Å². The zero-order valence-electron chi connectivity index (χ0n) is 4.33. The van der Waals surface area contributed by atoms with E-state index in [-0.39, 0.29) is 0 Å². The second-order valence-electron chi connectivity index (χ2n) is 1.61. The molecule has 49 valence electrons. The summed E-state index contributed by atoms with van der Waals surface area (Å²) >= 11 is 0. The first kappa shape index (κ1) is 7.75. The molecule has 0 rings (SSSR count). The van der Waals surface area contributed by atoms with Gasteiger partial charge >= 0.3 is 6.18 Å². The molecule has 0 aromatic heterocycles. The van der Waals surface area contributed by atoms with E-state index in [4.69, 9.17) is 0 Å². The maximum Gasteiger partial charge on any atom is 0.393 e. The molecule has 0 heterocycles. The van der Waals surface area contributed by atoms with Crippen molar-refractivity contribution < 1.29 is 18.3 Å². The smallest absolute Gasteiger partial charge is 0.236 e. The van der Waals surface area contributed by atoms with Crippen LogP contribution in [0.2, 0.25) is 0 Å². The van der Waals surface area contributed by atoms with E-state index >= 15 is 0 Å². The topological polar surface area (TPSA) is 19.9 Å². The molecule has 0 aliphatic carbocycles. The molecule has 0 saturated carbocycles. The lowest BCUT2D eigenvalue weighted by Gasteiger charge is -2.09. The number of alkyl halides is 3. The second-order valence-corrected chi connectivity index (χ2v) is 1.61. The highest BCUT2D eigenvalue weighted by Gasteiger charge is 2.35. The Bertz CT molecular complexity index is 68.2. The molecular formula is C4H6F3O. The van der Waals surface area contributed by atoms with E-state index in [1.54, 1.807) is 0 Å². The molecule has 8 heavy (non-hydrogen) atoms. The van der Waals surface area contributed by atoms with Crippen LogP contribution in [0.3, 0.4) is 0 Å². The molecule has 0 bridgehead atoms. The maximum absolute atomic E-state index is 11.2. The van der Waals surface area contributed by atoms with Crippen molar-refractivity contribution in [1.82, 2.24) is 0 Å². The molecule has 0 N–H and O–H groups in total. The minimum absolute atomic E-state index is 0.868. The van der Waals surface area contributed by atoms with E-state index < -0.39 is 18.7 Å². The molecule has 1 nitrogen and oxygen atoms in total. The van der Waals surface area contributed by atoms with Crippen molar-refractivity contribution >= 4 is 0 Å². The van der Waals surface area contributed by atoms with Gasteiger partial charge in [-0.3, -0.25) is 0 Å². The van der Waals surface area contributed by atoms with Crippen LogP contribution in [0.1, 0.15) is 6.92 Å². The van der Waals surface area contributed by atoms with E-state index in [2.05, 4.69) is 0 Å². The Morgan fingerprint density at radius 2 is 1.88 bits per heavy atom. The molecule has 0 fully saturated rings. The lowest BCUT2D eigenvalue weighted by molar-refractivity contribution is -0.182. The van der Waals surface area contributed by atoms with Crippen LogP contribution in [-0.4, -0.2) is 12.8 Å². The van der Waals surface area contributed by atoms with Crippen LogP contribution in [0.5, 0.6) is 0 Å². The molecular weight excluding hydrogens is 121 g/mol. The standard InChI is InChI=1S/C4H6F3O/c1-3(2-8)4(5,6)7/h3H,2H2,1H3. The van der Waals surface area contributed by atoms with Crippen molar-refractivity contribution in [2.75, 3.05) is 6.61 Å². The fourth-order valence-electron chi connectivity index (χ4n) is 0.0945. The Hall–Kier alpha value is -0.250. The van der Waals surface area contributed by atoms with E-state index in [0.29, 0.717) is 0 Å². The van der Waals surface area contributed by atoms with Crippen LogP contribution in [0.25, 0.3) is 0 Å². The van der Waals surface area contributed by atoms with Gasteiger partial charge in [0.2, 0.25) is 0 Å². The van der Waals surface area contributed by atoms with Crippen molar-refractivity contribution in [3.8, 4) is 0 Å². The van der Waals surface area contributed by atoms with Gasteiger partial charge in [-0.15, -0.1) is 0 Å². The number of hydrogen-bond donors (Lipinski definition) is 0. The zero-order chi connectivity index (χ0) is 6.78. The molecule has 1 unspecified atom stereocenters. The Labute approximate surface area is 45.1 Å². The summed E-state index contributed by atoms with van der Waals surface area (Å²) in [5.41, 5.74) is 0. The molecule has 0 amide bonds. The molecule has 4 heteroatoms. The van der Waals surface area contributed by atoms with Gasteiger partial charge < -0.3 is 0 Å². The van der Waals surface area contributed by atoms with Gasteiger partial charge in [0.05, 0.1) is 12.5 Å². The molecule has 0 aromatic rings. The summed E-state index contributed by atoms with van der Waals surface area (Å²) in [7, 11) is 0. The molecule has 1 atom stereocenters. The first-order valence-corrected chi connectivity index (χ1v) is 2.13.